The lowest BCUT2D eigenvalue weighted by molar-refractivity contribution is 0.0697. The van der Waals surface area contributed by atoms with Crippen LogP contribution in [0.2, 0.25) is 0 Å². The topological polar surface area (TPSA) is 37.3 Å². The average Bonchev–Trinajstić information content (AvgIpc) is 2.42. The van der Waals surface area contributed by atoms with Gasteiger partial charge >= 0.3 is 5.97 Å². The van der Waals surface area contributed by atoms with Gasteiger partial charge in [0.05, 0.1) is 5.56 Å². The first-order chi connectivity index (χ1) is 8.19. The monoisotopic (exact) mass is 238 g/mol. The number of carbonyl (C=O) groups is 1. The fourth-order valence-electron chi connectivity index (χ4n) is 1.43. The van der Waals surface area contributed by atoms with Crippen LogP contribution in [0.4, 0.5) is 0 Å². The Morgan fingerprint density at radius 2 is 1.47 bits per heavy atom. The number of rotatable bonds is 3. The molecule has 0 aromatic heterocycles. The van der Waals surface area contributed by atoms with Crippen molar-refractivity contribution in [3.05, 3.63) is 34.9 Å². The van der Waals surface area contributed by atoms with Gasteiger partial charge < -0.3 is 5.11 Å². The summed E-state index contributed by atoms with van der Waals surface area (Å²) in [7, 11) is 0. The maximum atomic E-state index is 10.7. The van der Waals surface area contributed by atoms with Gasteiger partial charge in [-0.2, -0.15) is 0 Å². The minimum absolute atomic E-state index is 0.383. The van der Waals surface area contributed by atoms with Crippen LogP contribution in [0, 0.1) is 0 Å². The molecule has 1 aromatic rings. The minimum Gasteiger partial charge on any atom is -0.478 e. The molecule has 0 saturated carbocycles. The van der Waals surface area contributed by atoms with Gasteiger partial charge in [-0.3, -0.25) is 0 Å². The standard InChI is InChI=1S/C11H14O2.2C2H6/c1-3-8-5-6-10(11(12)13)7-9(8)4-2;2*1-2/h5-7H,3-4H2,1-2H3,(H,12,13);2*1-2H3. The first kappa shape index (κ1) is 18.1. The Morgan fingerprint density at radius 3 is 1.82 bits per heavy atom. The van der Waals surface area contributed by atoms with Crippen LogP contribution in [0.3, 0.4) is 0 Å². The molecule has 0 radical (unpaired) electrons. The van der Waals surface area contributed by atoms with Crippen LogP contribution in [-0.2, 0) is 12.8 Å². The van der Waals surface area contributed by atoms with E-state index in [1.165, 1.54) is 5.56 Å². The second-order valence-electron chi connectivity index (χ2n) is 3.00. The van der Waals surface area contributed by atoms with Gasteiger partial charge in [-0.1, -0.05) is 47.6 Å². The minimum atomic E-state index is -0.850. The zero-order chi connectivity index (χ0) is 13.8. The summed E-state index contributed by atoms with van der Waals surface area (Å²) in [6.07, 6.45) is 1.85. The molecule has 0 atom stereocenters. The van der Waals surface area contributed by atoms with Gasteiger partial charge in [-0.05, 0) is 36.1 Å². The van der Waals surface area contributed by atoms with Gasteiger partial charge in [0.2, 0.25) is 0 Å². The van der Waals surface area contributed by atoms with Crippen LogP contribution >= 0.6 is 0 Å². The molecule has 0 aliphatic carbocycles. The van der Waals surface area contributed by atoms with Gasteiger partial charge in [0, 0.05) is 0 Å². The lowest BCUT2D eigenvalue weighted by Crippen LogP contribution is -1.99. The second-order valence-corrected chi connectivity index (χ2v) is 3.00. The van der Waals surface area contributed by atoms with E-state index in [1.807, 2.05) is 40.7 Å². The van der Waals surface area contributed by atoms with Crippen LogP contribution < -0.4 is 0 Å². The molecule has 98 valence electrons. The first-order valence-corrected chi connectivity index (χ1v) is 6.54. The molecular weight excluding hydrogens is 212 g/mol. The molecular formula is C15H26O2. The summed E-state index contributed by atoms with van der Waals surface area (Å²) >= 11 is 0. The fourth-order valence-corrected chi connectivity index (χ4v) is 1.43. The molecule has 0 aliphatic heterocycles. The third-order valence-electron chi connectivity index (χ3n) is 2.22. The number of hydrogen-bond acceptors (Lipinski definition) is 1. The van der Waals surface area contributed by atoms with Crippen molar-refractivity contribution >= 4 is 5.97 Å². The summed E-state index contributed by atoms with van der Waals surface area (Å²) in [5.74, 6) is -0.850. The smallest absolute Gasteiger partial charge is 0.335 e. The van der Waals surface area contributed by atoms with Gasteiger partial charge in [0.25, 0.3) is 0 Å². The number of aryl methyl sites for hydroxylation is 2. The quantitative estimate of drug-likeness (QED) is 0.838. The van der Waals surface area contributed by atoms with E-state index in [2.05, 4.69) is 6.92 Å². The summed E-state index contributed by atoms with van der Waals surface area (Å²) in [6, 6.07) is 5.34. The Morgan fingerprint density at radius 1 is 1.00 bits per heavy atom. The number of benzene rings is 1. The van der Waals surface area contributed by atoms with Crippen molar-refractivity contribution in [3.63, 3.8) is 0 Å². The first-order valence-electron chi connectivity index (χ1n) is 6.54. The van der Waals surface area contributed by atoms with E-state index in [9.17, 15) is 4.79 Å². The van der Waals surface area contributed by atoms with Crippen LogP contribution in [0.25, 0.3) is 0 Å². The summed E-state index contributed by atoms with van der Waals surface area (Å²) in [5, 5.41) is 8.77. The van der Waals surface area contributed by atoms with Gasteiger partial charge in [-0.15, -0.1) is 0 Å². The molecule has 1 rings (SSSR count). The largest absolute Gasteiger partial charge is 0.478 e. The van der Waals surface area contributed by atoms with E-state index in [0.717, 1.165) is 18.4 Å². The molecule has 0 fully saturated rings. The summed E-state index contributed by atoms with van der Waals surface area (Å²) in [6.45, 7) is 12.1. The molecule has 0 amide bonds. The number of carboxylic acid groups (broad SMARTS) is 1. The molecule has 2 heteroatoms. The van der Waals surface area contributed by atoms with Crippen LogP contribution in [0.5, 0.6) is 0 Å². The molecule has 1 N–H and O–H groups in total. The van der Waals surface area contributed by atoms with E-state index < -0.39 is 5.97 Å². The summed E-state index contributed by atoms with van der Waals surface area (Å²) in [5.41, 5.74) is 2.77. The van der Waals surface area contributed by atoms with Crippen molar-refractivity contribution in [1.29, 1.82) is 0 Å². The number of carboxylic acids is 1. The number of hydrogen-bond donors (Lipinski definition) is 1. The zero-order valence-corrected chi connectivity index (χ0v) is 12.0. The molecule has 17 heavy (non-hydrogen) atoms. The van der Waals surface area contributed by atoms with Crippen LogP contribution in [-0.4, -0.2) is 11.1 Å². The lowest BCUT2D eigenvalue weighted by atomic mass is 10.0. The highest BCUT2D eigenvalue weighted by molar-refractivity contribution is 5.87. The van der Waals surface area contributed by atoms with Gasteiger partial charge in [0.1, 0.15) is 0 Å². The zero-order valence-electron chi connectivity index (χ0n) is 12.0. The van der Waals surface area contributed by atoms with E-state index in [4.69, 9.17) is 5.11 Å². The highest BCUT2D eigenvalue weighted by Gasteiger charge is 2.05. The van der Waals surface area contributed by atoms with Crippen molar-refractivity contribution in [2.45, 2.75) is 54.4 Å². The predicted molar refractivity (Wildman–Crippen MR) is 74.9 cm³/mol. The molecule has 2 nitrogen and oxygen atoms in total. The Kier molecular flexibility index (Phi) is 11.9. The van der Waals surface area contributed by atoms with E-state index in [1.54, 1.807) is 12.1 Å². The molecule has 0 saturated heterocycles. The van der Waals surface area contributed by atoms with Crippen molar-refractivity contribution in [1.82, 2.24) is 0 Å². The SMILES string of the molecule is CC.CC.CCc1ccc(C(=O)O)cc1CC. The number of aromatic carboxylic acids is 1. The Labute approximate surface area is 106 Å². The molecule has 1 aromatic carbocycles. The van der Waals surface area contributed by atoms with Crippen LogP contribution in [0.15, 0.2) is 18.2 Å². The maximum Gasteiger partial charge on any atom is 0.335 e. The molecule has 0 unspecified atom stereocenters. The highest BCUT2D eigenvalue weighted by atomic mass is 16.4. The Balaban J connectivity index is 0. The van der Waals surface area contributed by atoms with Crippen molar-refractivity contribution in [2.24, 2.45) is 0 Å². The molecule has 0 spiro atoms. The third kappa shape index (κ3) is 6.10. The molecule has 0 bridgehead atoms. The van der Waals surface area contributed by atoms with E-state index in [-0.39, 0.29) is 0 Å². The predicted octanol–water partition coefficient (Wildman–Crippen LogP) is 4.56. The van der Waals surface area contributed by atoms with Crippen molar-refractivity contribution in [2.75, 3.05) is 0 Å². The maximum absolute atomic E-state index is 10.7. The van der Waals surface area contributed by atoms with Crippen LogP contribution in [0.1, 0.15) is 63.0 Å². The average molecular weight is 238 g/mol. The fraction of sp³-hybridized carbons (Fsp3) is 0.533. The lowest BCUT2D eigenvalue weighted by Gasteiger charge is -2.05. The van der Waals surface area contributed by atoms with Gasteiger partial charge in [-0.25, -0.2) is 4.79 Å². The van der Waals surface area contributed by atoms with Crippen molar-refractivity contribution in [3.8, 4) is 0 Å². The van der Waals surface area contributed by atoms with Crippen molar-refractivity contribution < 1.29 is 9.90 Å². The third-order valence-corrected chi connectivity index (χ3v) is 2.22. The normalized spacial score (nSPS) is 8.35. The highest BCUT2D eigenvalue weighted by Crippen LogP contribution is 2.13. The second kappa shape index (κ2) is 11.2. The van der Waals surface area contributed by atoms with Gasteiger partial charge in [0.15, 0.2) is 0 Å². The summed E-state index contributed by atoms with van der Waals surface area (Å²) < 4.78 is 0. The Bertz CT molecular complexity index is 317. The molecule has 0 heterocycles. The molecule has 0 aliphatic rings. The van der Waals surface area contributed by atoms with E-state index >= 15 is 0 Å². The Hall–Kier alpha value is -1.31. The van der Waals surface area contributed by atoms with E-state index in [0.29, 0.717) is 5.56 Å². The summed E-state index contributed by atoms with van der Waals surface area (Å²) in [4.78, 5) is 10.7.